The number of aryl methyl sites for hydroxylation is 1. The van der Waals surface area contributed by atoms with E-state index < -0.39 is 0 Å². The fraction of sp³-hybridized carbons (Fsp3) is 0.130. The van der Waals surface area contributed by atoms with Gasteiger partial charge in [0.2, 0.25) is 0 Å². The summed E-state index contributed by atoms with van der Waals surface area (Å²) in [6, 6.07) is 19.9. The lowest BCUT2D eigenvalue weighted by Gasteiger charge is -2.12. The van der Waals surface area contributed by atoms with Gasteiger partial charge in [0.25, 0.3) is 0 Å². The van der Waals surface area contributed by atoms with Crippen LogP contribution < -0.4 is 14.9 Å². The summed E-state index contributed by atoms with van der Waals surface area (Å²) in [5.74, 6) is 2.02. The van der Waals surface area contributed by atoms with E-state index in [4.69, 9.17) is 19.6 Å². The zero-order valence-electron chi connectivity index (χ0n) is 16.4. The Bertz CT molecular complexity index is 1120. The van der Waals surface area contributed by atoms with Crippen molar-refractivity contribution in [2.45, 2.75) is 6.92 Å². The molecule has 0 saturated carbocycles. The summed E-state index contributed by atoms with van der Waals surface area (Å²) in [6.07, 6.45) is 0. The summed E-state index contributed by atoms with van der Waals surface area (Å²) >= 11 is 3.47. The van der Waals surface area contributed by atoms with E-state index in [9.17, 15) is 0 Å². The van der Waals surface area contributed by atoms with E-state index in [-0.39, 0.29) is 0 Å². The molecular formula is C23H20BrN3O2. The second-order valence-electron chi connectivity index (χ2n) is 6.63. The number of methoxy groups -OCH3 is 2. The lowest BCUT2D eigenvalue weighted by atomic mass is 9.98. The molecule has 146 valence electrons. The maximum atomic E-state index is 5.48. The van der Waals surface area contributed by atoms with Gasteiger partial charge in [-0.05, 0) is 49.4 Å². The SMILES string of the molecule is COc1ccc(C2=NNC(c3ccc(Br)cc3)=Nc3ccc(C)cc32)cc1OC. The fourth-order valence-corrected chi connectivity index (χ4v) is 3.46. The minimum Gasteiger partial charge on any atom is -0.493 e. The van der Waals surface area contributed by atoms with E-state index >= 15 is 0 Å². The van der Waals surface area contributed by atoms with E-state index in [0.717, 1.165) is 38.1 Å². The van der Waals surface area contributed by atoms with E-state index in [1.54, 1.807) is 14.2 Å². The fourth-order valence-electron chi connectivity index (χ4n) is 3.19. The van der Waals surface area contributed by atoms with Gasteiger partial charge in [0.15, 0.2) is 17.3 Å². The Morgan fingerprint density at radius 1 is 0.828 bits per heavy atom. The average molecular weight is 450 g/mol. The van der Waals surface area contributed by atoms with Crippen molar-refractivity contribution in [3.63, 3.8) is 0 Å². The van der Waals surface area contributed by atoms with Crippen molar-refractivity contribution in [3.05, 3.63) is 87.4 Å². The van der Waals surface area contributed by atoms with Gasteiger partial charge < -0.3 is 9.47 Å². The Balaban J connectivity index is 1.85. The number of ether oxygens (including phenoxy) is 2. The molecule has 3 aromatic carbocycles. The number of aliphatic imine (C=N–C) groups is 1. The second kappa shape index (κ2) is 8.09. The number of amidine groups is 1. The number of hydrazone groups is 1. The van der Waals surface area contributed by atoms with Crippen LogP contribution in [0.3, 0.4) is 0 Å². The first-order valence-corrected chi connectivity index (χ1v) is 9.90. The molecule has 0 saturated heterocycles. The van der Waals surface area contributed by atoms with Crippen LogP contribution in [0.25, 0.3) is 0 Å². The van der Waals surface area contributed by atoms with Crippen LogP contribution in [-0.2, 0) is 0 Å². The Morgan fingerprint density at radius 2 is 1.55 bits per heavy atom. The third-order valence-corrected chi connectivity index (χ3v) is 5.22. The molecule has 3 aromatic rings. The Hall–Kier alpha value is -3.12. The number of fused-ring (bicyclic) bond motifs is 1. The Labute approximate surface area is 178 Å². The molecule has 0 bridgehead atoms. The molecule has 1 aliphatic rings. The van der Waals surface area contributed by atoms with Crippen LogP contribution in [0.1, 0.15) is 22.3 Å². The van der Waals surface area contributed by atoms with Crippen LogP contribution in [0, 0.1) is 6.92 Å². The lowest BCUT2D eigenvalue weighted by Crippen LogP contribution is -2.19. The molecule has 0 unspecified atom stereocenters. The summed E-state index contributed by atoms with van der Waals surface area (Å²) in [5, 5.41) is 4.71. The van der Waals surface area contributed by atoms with Gasteiger partial charge in [-0.1, -0.05) is 39.7 Å². The molecule has 1 N–H and O–H groups in total. The van der Waals surface area contributed by atoms with Gasteiger partial charge in [0, 0.05) is 21.2 Å². The summed E-state index contributed by atoms with van der Waals surface area (Å²) in [4.78, 5) is 4.85. The monoisotopic (exact) mass is 449 g/mol. The van der Waals surface area contributed by atoms with Crippen LogP contribution >= 0.6 is 15.9 Å². The van der Waals surface area contributed by atoms with E-state index in [2.05, 4.69) is 40.4 Å². The van der Waals surface area contributed by atoms with E-state index in [1.807, 2.05) is 48.5 Å². The van der Waals surface area contributed by atoms with Gasteiger partial charge in [-0.15, -0.1) is 0 Å². The van der Waals surface area contributed by atoms with Crippen molar-refractivity contribution < 1.29 is 9.47 Å². The molecular weight excluding hydrogens is 430 g/mol. The van der Waals surface area contributed by atoms with Crippen LogP contribution in [0.15, 0.2) is 75.2 Å². The van der Waals surface area contributed by atoms with Crippen molar-refractivity contribution in [1.82, 2.24) is 5.43 Å². The first kappa shape index (κ1) is 19.2. The van der Waals surface area contributed by atoms with Crippen LogP contribution in [-0.4, -0.2) is 25.8 Å². The highest BCUT2D eigenvalue weighted by Crippen LogP contribution is 2.32. The van der Waals surface area contributed by atoms with Crippen LogP contribution in [0.2, 0.25) is 0 Å². The maximum Gasteiger partial charge on any atom is 0.161 e. The molecule has 0 amide bonds. The first-order chi connectivity index (χ1) is 14.1. The molecule has 0 fully saturated rings. The quantitative estimate of drug-likeness (QED) is 0.594. The number of nitrogens with zero attached hydrogens (tertiary/aromatic N) is 2. The van der Waals surface area contributed by atoms with Gasteiger partial charge >= 0.3 is 0 Å². The molecule has 0 atom stereocenters. The highest BCUT2D eigenvalue weighted by atomic mass is 79.9. The van der Waals surface area contributed by atoms with E-state index in [1.165, 1.54) is 0 Å². The van der Waals surface area contributed by atoms with E-state index in [0.29, 0.717) is 17.3 Å². The molecule has 0 radical (unpaired) electrons. The predicted octanol–water partition coefficient (Wildman–Crippen LogP) is 5.21. The number of rotatable bonds is 4. The van der Waals surface area contributed by atoms with Crippen LogP contribution in [0.5, 0.6) is 11.5 Å². The molecule has 0 spiro atoms. The Kier molecular flexibility index (Phi) is 5.36. The van der Waals surface area contributed by atoms with Gasteiger partial charge in [-0.2, -0.15) is 5.10 Å². The molecule has 0 aromatic heterocycles. The number of benzene rings is 3. The third kappa shape index (κ3) is 3.89. The summed E-state index contributed by atoms with van der Waals surface area (Å²) in [7, 11) is 3.25. The molecule has 29 heavy (non-hydrogen) atoms. The maximum absolute atomic E-state index is 5.48. The number of hydrogen-bond acceptors (Lipinski definition) is 5. The van der Waals surface area contributed by atoms with Crippen molar-refractivity contribution in [3.8, 4) is 11.5 Å². The number of nitrogens with one attached hydrogen (secondary N) is 1. The normalized spacial score (nSPS) is 12.8. The minimum atomic E-state index is 0.653. The van der Waals surface area contributed by atoms with Crippen molar-refractivity contribution >= 4 is 33.2 Å². The zero-order valence-corrected chi connectivity index (χ0v) is 17.9. The second-order valence-corrected chi connectivity index (χ2v) is 7.55. The summed E-state index contributed by atoms with van der Waals surface area (Å²) in [6.45, 7) is 2.06. The van der Waals surface area contributed by atoms with Gasteiger partial charge in [0.1, 0.15) is 5.71 Å². The number of halogens is 1. The molecule has 6 heteroatoms. The summed E-state index contributed by atoms with van der Waals surface area (Å²) < 4.78 is 11.9. The topological polar surface area (TPSA) is 55.2 Å². The van der Waals surface area contributed by atoms with Crippen LogP contribution in [0.4, 0.5) is 5.69 Å². The molecule has 1 heterocycles. The molecule has 1 aliphatic heterocycles. The first-order valence-electron chi connectivity index (χ1n) is 9.11. The molecule has 5 nitrogen and oxygen atoms in total. The summed E-state index contributed by atoms with van der Waals surface area (Å²) in [5.41, 5.74) is 8.76. The smallest absolute Gasteiger partial charge is 0.161 e. The molecule has 0 aliphatic carbocycles. The predicted molar refractivity (Wildman–Crippen MR) is 120 cm³/mol. The lowest BCUT2D eigenvalue weighted by molar-refractivity contribution is 0.355. The largest absolute Gasteiger partial charge is 0.493 e. The zero-order chi connectivity index (χ0) is 20.4. The Morgan fingerprint density at radius 3 is 2.28 bits per heavy atom. The molecule has 4 rings (SSSR count). The van der Waals surface area contributed by atoms with Crippen molar-refractivity contribution in [2.24, 2.45) is 10.1 Å². The van der Waals surface area contributed by atoms with Crippen molar-refractivity contribution in [2.75, 3.05) is 14.2 Å². The van der Waals surface area contributed by atoms with Gasteiger partial charge in [0.05, 0.1) is 19.9 Å². The standard InChI is InChI=1S/C23H20BrN3O2/c1-14-4-10-19-18(12-14)22(16-7-11-20(28-2)21(13-16)29-3)26-27-23(25-19)15-5-8-17(24)9-6-15/h4-13H,1-3H3,(H,25,27). The third-order valence-electron chi connectivity index (χ3n) is 4.69. The highest BCUT2D eigenvalue weighted by Gasteiger charge is 2.19. The van der Waals surface area contributed by atoms with Gasteiger partial charge in [-0.3, -0.25) is 5.43 Å². The average Bonchev–Trinajstić information content (AvgIpc) is 2.93. The highest BCUT2D eigenvalue weighted by molar-refractivity contribution is 9.10. The van der Waals surface area contributed by atoms with Crippen molar-refractivity contribution in [1.29, 1.82) is 0 Å². The van der Waals surface area contributed by atoms with Gasteiger partial charge in [-0.25, -0.2) is 4.99 Å². The minimum absolute atomic E-state index is 0.653. The number of hydrogen-bond donors (Lipinski definition) is 1.